The molecule has 24 heavy (non-hydrogen) atoms. The van der Waals surface area contributed by atoms with Gasteiger partial charge in [-0.15, -0.1) is 0 Å². The van der Waals surface area contributed by atoms with Gasteiger partial charge in [0.1, 0.15) is 5.69 Å². The molecule has 1 atom stereocenters. The topological polar surface area (TPSA) is 95.2 Å². The first-order chi connectivity index (χ1) is 11.2. The number of nitrogens with one attached hydrogen (secondary N) is 2. The molecule has 2 heterocycles. The number of amides is 2. The van der Waals surface area contributed by atoms with Crippen molar-refractivity contribution in [3.05, 3.63) is 27.9 Å². The zero-order valence-corrected chi connectivity index (χ0v) is 14.8. The van der Waals surface area contributed by atoms with Crippen molar-refractivity contribution in [3.63, 3.8) is 0 Å². The molecule has 2 N–H and O–H groups in total. The summed E-state index contributed by atoms with van der Waals surface area (Å²) < 4.78 is 0. The minimum absolute atomic E-state index is 0.0668. The van der Waals surface area contributed by atoms with E-state index in [4.69, 9.17) is 0 Å². The lowest BCUT2D eigenvalue weighted by molar-refractivity contribution is -0.130. The summed E-state index contributed by atoms with van der Waals surface area (Å²) in [6, 6.07) is 1.62. The lowest BCUT2D eigenvalue weighted by Crippen LogP contribution is -2.43. The molecule has 0 aromatic carbocycles. The third-order valence-corrected chi connectivity index (χ3v) is 4.30. The Morgan fingerprint density at radius 3 is 2.75 bits per heavy atom. The number of nitrogens with zero attached hydrogens (tertiary/aromatic N) is 2. The van der Waals surface area contributed by atoms with Gasteiger partial charge < -0.3 is 15.2 Å². The van der Waals surface area contributed by atoms with E-state index in [1.54, 1.807) is 13.0 Å². The Hall–Kier alpha value is -2.18. The summed E-state index contributed by atoms with van der Waals surface area (Å²) in [6.07, 6.45) is 1.91. The van der Waals surface area contributed by atoms with Gasteiger partial charge in [0.25, 0.3) is 5.91 Å². The highest BCUT2D eigenvalue weighted by Gasteiger charge is 2.23. The molecule has 2 amide bonds. The van der Waals surface area contributed by atoms with Crippen molar-refractivity contribution in [2.24, 2.45) is 5.92 Å². The van der Waals surface area contributed by atoms with Crippen LogP contribution in [0.4, 0.5) is 0 Å². The van der Waals surface area contributed by atoms with E-state index in [1.165, 1.54) is 0 Å². The Morgan fingerprint density at radius 1 is 1.42 bits per heavy atom. The number of hydrogen-bond donors (Lipinski definition) is 2. The van der Waals surface area contributed by atoms with E-state index in [9.17, 15) is 14.4 Å². The van der Waals surface area contributed by atoms with Crippen LogP contribution in [-0.2, 0) is 10.2 Å². The fraction of sp³-hybridized carbons (Fsp3) is 0.647. The van der Waals surface area contributed by atoms with Crippen LogP contribution < -0.4 is 11.0 Å². The highest BCUT2D eigenvalue weighted by atomic mass is 16.2. The molecule has 132 valence electrons. The van der Waals surface area contributed by atoms with Crippen LogP contribution in [0, 0.1) is 5.92 Å². The van der Waals surface area contributed by atoms with Crippen molar-refractivity contribution in [1.82, 2.24) is 20.2 Å². The molecule has 0 bridgehead atoms. The molecule has 1 aliphatic rings. The second-order valence-electron chi connectivity index (χ2n) is 7.42. The average molecular weight is 334 g/mol. The van der Waals surface area contributed by atoms with Crippen LogP contribution in [0.15, 0.2) is 10.9 Å². The lowest BCUT2D eigenvalue weighted by Gasteiger charge is -2.32. The summed E-state index contributed by atoms with van der Waals surface area (Å²) in [6.45, 7) is 9.35. The average Bonchev–Trinajstić information content (AvgIpc) is 2.51. The van der Waals surface area contributed by atoms with Crippen LogP contribution in [0.25, 0.3) is 0 Å². The van der Waals surface area contributed by atoms with Crippen molar-refractivity contribution in [2.45, 2.75) is 46.0 Å². The second kappa shape index (κ2) is 7.15. The zero-order chi connectivity index (χ0) is 17.9. The summed E-state index contributed by atoms with van der Waals surface area (Å²) >= 11 is 0. The highest BCUT2D eigenvalue weighted by Crippen LogP contribution is 2.19. The van der Waals surface area contributed by atoms with Crippen LogP contribution in [0.2, 0.25) is 0 Å². The van der Waals surface area contributed by atoms with Crippen LogP contribution in [0.3, 0.4) is 0 Å². The minimum Gasteiger partial charge on any atom is -0.350 e. The van der Waals surface area contributed by atoms with Crippen LogP contribution in [0.1, 0.15) is 56.7 Å². The summed E-state index contributed by atoms with van der Waals surface area (Å²) in [5, 5.41) is 2.84. The number of H-pyrrole nitrogens is 1. The first kappa shape index (κ1) is 18.2. The van der Waals surface area contributed by atoms with Crippen molar-refractivity contribution < 1.29 is 9.59 Å². The van der Waals surface area contributed by atoms with E-state index in [-0.39, 0.29) is 28.8 Å². The number of carbonyl (C=O) groups is 2. The number of aromatic nitrogens is 2. The fourth-order valence-corrected chi connectivity index (χ4v) is 2.82. The number of carbonyl (C=O) groups excluding carboxylic acids is 2. The predicted molar refractivity (Wildman–Crippen MR) is 90.9 cm³/mol. The Kier molecular flexibility index (Phi) is 5.41. The first-order valence-corrected chi connectivity index (χ1v) is 8.32. The molecule has 1 fully saturated rings. The number of aromatic amines is 1. The molecule has 1 aromatic heterocycles. The Morgan fingerprint density at radius 2 is 2.12 bits per heavy atom. The summed E-state index contributed by atoms with van der Waals surface area (Å²) in [5.74, 6) is -0.0562. The Bertz CT molecular complexity index is 675. The van der Waals surface area contributed by atoms with Gasteiger partial charge in [0.05, 0.1) is 0 Å². The normalized spacial score (nSPS) is 18.3. The van der Waals surface area contributed by atoms with Gasteiger partial charge in [0, 0.05) is 37.7 Å². The molecular weight excluding hydrogens is 308 g/mol. The highest BCUT2D eigenvalue weighted by molar-refractivity contribution is 5.92. The summed E-state index contributed by atoms with van der Waals surface area (Å²) in [7, 11) is 0. The summed E-state index contributed by atoms with van der Waals surface area (Å²) in [5.41, 5.74) is 0.00615. The maximum absolute atomic E-state index is 12.3. The van der Waals surface area contributed by atoms with Crippen LogP contribution >= 0.6 is 0 Å². The van der Waals surface area contributed by atoms with E-state index in [0.717, 1.165) is 19.4 Å². The molecule has 2 rings (SSSR count). The van der Waals surface area contributed by atoms with Crippen LogP contribution in [0.5, 0.6) is 0 Å². The summed E-state index contributed by atoms with van der Waals surface area (Å²) in [4.78, 5) is 43.7. The van der Waals surface area contributed by atoms with Gasteiger partial charge in [0.15, 0.2) is 0 Å². The third kappa shape index (κ3) is 4.66. The largest absolute Gasteiger partial charge is 0.350 e. The molecule has 1 unspecified atom stereocenters. The minimum atomic E-state index is -0.520. The fourth-order valence-electron chi connectivity index (χ4n) is 2.82. The van der Waals surface area contributed by atoms with Gasteiger partial charge in [-0.25, -0.2) is 4.79 Å². The molecule has 0 spiro atoms. The van der Waals surface area contributed by atoms with E-state index in [1.807, 2.05) is 25.7 Å². The standard InChI is InChI=1S/C17H26N4O3/c1-11(22)21-7-5-6-12(10-21)9-18-15(23)13-8-14(17(2,3)4)20-16(24)19-13/h8,12H,5-7,9-10H2,1-4H3,(H,18,23)(H,19,20,24). The zero-order valence-electron chi connectivity index (χ0n) is 14.8. The molecule has 1 aliphatic heterocycles. The lowest BCUT2D eigenvalue weighted by atomic mass is 9.91. The quantitative estimate of drug-likeness (QED) is 0.864. The Labute approximate surface area is 141 Å². The van der Waals surface area contributed by atoms with Gasteiger partial charge in [-0.1, -0.05) is 20.8 Å². The molecule has 0 aliphatic carbocycles. The molecule has 0 radical (unpaired) electrons. The number of likely N-dealkylation sites (tertiary alicyclic amines) is 1. The maximum atomic E-state index is 12.3. The van der Waals surface area contributed by atoms with E-state index >= 15 is 0 Å². The van der Waals surface area contributed by atoms with Gasteiger partial charge in [0.2, 0.25) is 5.91 Å². The molecular formula is C17H26N4O3. The SMILES string of the molecule is CC(=O)N1CCCC(CNC(=O)c2cc(C(C)(C)C)[nH]c(=O)n2)C1. The molecule has 0 saturated carbocycles. The molecule has 7 nitrogen and oxygen atoms in total. The smallest absolute Gasteiger partial charge is 0.345 e. The van der Waals surface area contributed by atoms with Gasteiger partial charge in [-0.3, -0.25) is 9.59 Å². The van der Waals surface area contributed by atoms with Gasteiger partial charge in [-0.05, 0) is 24.8 Å². The van der Waals surface area contributed by atoms with Crippen molar-refractivity contribution >= 4 is 11.8 Å². The third-order valence-electron chi connectivity index (χ3n) is 4.30. The number of piperidine rings is 1. The van der Waals surface area contributed by atoms with Gasteiger partial charge in [-0.2, -0.15) is 4.98 Å². The molecule has 1 saturated heterocycles. The molecule has 1 aromatic rings. The number of rotatable bonds is 3. The second-order valence-corrected chi connectivity index (χ2v) is 7.42. The maximum Gasteiger partial charge on any atom is 0.345 e. The number of hydrogen-bond acceptors (Lipinski definition) is 4. The van der Waals surface area contributed by atoms with E-state index in [0.29, 0.717) is 18.8 Å². The predicted octanol–water partition coefficient (Wildman–Crippen LogP) is 1.06. The first-order valence-electron chi connectivity index (χ1n) is 8.32. The van der Waals surface area contributed by atoms with Crippen LogP contribution in [-0.4, -0.2) is 46.3 Å². The Balaban J connectivity index is 2.01. The van der Waals surface area contributed by atoms with Crippen molar-refractivity contribution in [3.8, 4) is 0 Å². The van der Waals surface area contributed by atoms with Crippen molar-refractivity contribution in [2.75, 3.05) is 19.6 Å². The monoisotopic (exact) mass is 334 g/mol. The van der Waals surface area contributed by atoms with Crippen molar-refractivity contribution in [1.29, 1.82) is 0 Å². The van der Waals surface area contributed by atoms with Gasteiger partial charge >= 0.3 is 5.69 Å². The molecule has 7 heteroatoms. The van der Waals surface area contributed by atoms with E-state index in [2.05, 4.69) is 15.3 Å². The van der Waals surface area contributed by atoms with E-state index < -0.39 is 5.69 Å².